The van der Waals surface area contributed by atoms with Crippen molar-refractivity contribution in [2.75, 3.05) is 0 Å². The summed E-state index contributed by atoms with van der Waals surface area (Å²) in [5.41, 5.74) is 7.32. The van der Waals surface area contributed by atoms with Crippen LogP contribution in [0.15, 0.2) is 77.5 Å². The van der Waals surface area contributed by atoms with Gasteiger partial charge < -0.3 is 14.4 Å². The van der Waals surface area contributed by atoms with E-state index in [9.17, 15) is 0 Å². The van der Waals surface area contributed by atoms with Crippen LogP contribution in [0.5, 0.6) is 0 Å². The van der Waals surface area contributed by atoms with Gasteiger partial charge in [-0.25, -0.2) is 4.98 Å². The molecule has 0 fully saturated rings. The predicted octanol–water partition coefficient (Wildman–Crippen LogP) is 10.4. The van der Waals surface area contributed by atoms with E-state index in [0.717, 1.165) is 32.1 Å². The van der Waals surface area contributed by atoms with E-state index in [1.165, 1.54) is 34.1 Å². The minimum Gasteiger partial charge on any atom is -0.486 e. The zero-order valence-electron chi connectivity index (χ0n) is 30.4. The third-order valence-electron chi connectivity index (χ3n) is 7.07. The summed E-state index contributed by atoms with van der Waals surface area (Å²) in [4.78, 5) is 13.9. The summed E-state index contributed by atoms with van der Waals surface area (Å²) in [7, 11) is 0. The predicted molar refractivity (Wildman–Crippen MR) is 180 cm³/mol. The molecule has 4 nitrogen and oxygen atoms in total. The number of rotatable bonds is 3. The van der Waals surface area contributed by atoms with Gasteiger partial charge in [-0.05, 0) is 67.6 Å². The molecular weight excluding hydrogens is 739 g/mol. The summed E-state index contributed by atoms with van der Waals surface area (Å²) in [6.45, 7) is 9.61. The number of furan rings is 1. The molecule has 0 N–H and O–H groups in total. The molecule has 0 spiro atoms. The Balaban J connectivity index is 0.000000246. The van der Waals surface area contributed by atoms with E-state index >= 15 is 0 Å². The van der Waals surface area contributed by atoms with Gasteiger partial charge in [-0.15, -0.1) is 64.9 Å². The molecule has 44 heavy (non-hydrogen) atoms. The molecule has 0 aliphatic carbocycles. The van der Waals surface area contributed by atoms with Gasteiger partial charge in [-0.3, -0.25) is 0 Å². The fourth-order valence-electron chi connectivity index (χ4n) is 4.75. The number of nitrogens with zero attached hydrogens (tertiary/aromatic N) is 3. The Bertz CT molecular complexity index is 2290. The van der Waals surface area contributed by atoms with Crippen molar-refractivity contribution in [2.24, 2.45) is 5.41 Å². The van der Waals surface area contributed by atoms with Crippen LogP contribution < -0.4 is 0 Å². The van der Waals surface area contributed by atoms with E-state index in [1.54, 1.807) is 18.3 Å². The Morgan fingerprint density at radius 2 is 1.73 bits per heavy atom. The van der Waals surface area contributed by atoms with E-state index in [4.69, 9.17) is 11.3 Å². The van der Waals surface area contributed by atoms with Gasteiger partial charge in [0.2, 0.25) is 5.71 Å². The molecule has 225 valence electrons. The molecule has 1 radical (unpaired) electrons. The van der Waals surface area contributed by atoms with Gasteiger partial charge in [0.05, 0.1) is 5.58 Å². The van der Waals surface area contributed by atoms with E-state index in [1.807, 2.05) is 51.2 Å². The Kier molecular flexibility index (Phi) is 7.41. The first-order chi connectivity index (χ1) is 22.5. The van der Waals surface area contributed by atoms with Gasteiger partial charge in [0.1, 0.15) is 0 Å². The Morgan fingerprint density at radius 1 is 0.909 bits per heavy atom. The molecule has 0 aliphatic rings. The van der Waals surface area contributed by atoms with Crippen LogP contribution in [0.1, 0.15) is 54.9 Å². The molecule has 7 rings (SSSR count). The molecule has 7 aromatic rings. The number of hydrogen-bond donors (Lipinski definition) is 0. The summed E-state index contributed by atoms with van der Waals surface area (Å²) in [6, 6.07) is 25.3. The minimum atomic E-state index is -2.32. The Labute approximate surface area is 284 Å². The average molecular weight is 779 g/mol. The van der Waals surface area contributed by atoms with E-state index in [-0.39, 0.29) is 31.5 Å². The molecule has 5 heterocycles. The second kappa shape index (κ2) is 12.7. The second-order valence-corrected chi connectivity index (χ2v) is 12.9. The summed E-state index contributed by atoms with van der Waals surface area (Å²) >= 11 is 1.42. The van der Waals surface area contributed by atoms with Crippen molar-refractivity contribution < 1.29 is 31.4 Å². The van der Waals surface area contributed by atoms with Crippen LogP contribution in [0.3, 0.4) is 0 Å². The van der Waals surface area contributed by atoms with Crippen LogP contribution in [0, 0.1) is 45.2 Å². The van der Waals surface area contributed by atoms with Crippen molar-refractivity contribution in [3.8, 4) is 22.5 Å². The number of fused-ring (bicyclic) bond motifs is 4. The van der Waals surface area contributed by atoms with E-state index < -0.39 is 18.6 Å². The van der Waals surface area contributed by atoms with Gasteiger partial charge in [-0.2, -0.15) is 0 Å². The Hall–Kier alpha value is -3.70. The number of thiophene rings is 1. The maximum Gasteiger partial charge on any atom is 0.216 e. The standard InChI is InChI=1S/C24H21N2OS.C14H14N.Ir/c1-14-8-9-18-17-6-5-7-19(22(17)27-23(18)26-14)20-11-21-15(13-25-20)10-16(28-21)12-24(2,3)4;1-10-4-6-13(7-5-10)14-8-11(2)12(3)9-15-14;/h5-6,8-11,13H,12H2,1-4H3;4-6,8-9H,1-3H3;/q2*-1;/i1D3,12D2;;. The SMILES string of the molecule is Cc1c[c-]c(-c2cc(C)c(C)cn2)cc1.[2H]C([2H])([2H])c1ccc2c(n1)oc1c(-c3cc4sc(C([2H])([2H])C(C)(C)C)cc4cn3)[c-]ccc12.[Ir]. The molecule has 0 atom stereocenters. The van der Waals surface area contributed by atoms with Crippen molar-refractivity contribution in [1.29, 1.82) is 0 Å². The first-order valence-electron chi connectivity index (χ1n) is 16.6. The molecule has 0 bridgehead atoms. The fourth-order valence-corrected chi connectivity index (χ4v) is 5.93. The monoisotopic (exact) mass is 779 g/mol. The molecule has 0 aliphatic heterocycles. The summed E-state index contributed by atoms with van der Waals surface area (Å²) in [5.74, 6) is 0. The van der Waals surface area contributed by atoms with Crippen LogP contribution in [0.2, 0.25) is 0 Å². The fraction of sp³-hybridized carbons (Fsp3) is 0.237. The maximum atomic E-state index is 8.59. The number of pyridine rings is 3. The molecule has 6 heteroatoms. The van der Waals surface area contributed by atoms with Crippen molar-refractivity contribution >= 4 is 43.5 Å². The van der Waals surface area contributed by atoms with Gasteiger partial charge in [-0.1, -0.05) is 56.3 Å². The smallest absolute Gasteiger partial charge is 0.216 e. The van der Waals surface area contributed by atoms with Crippen molar-refractivity contribution in [3.05, 3.63) is 112 Å². The largest absolute Gasteiger partial charge is 0.486 e. The first-order valence-corrected chi connectivity index (χ1v) is 14.9. The summed E-state index contributed by atoms with van der Waals surface area (Å²) < 4.78 is 46.9. The summed E-state index contributed by atoms with van der Waals surface area (Å²) in [5, 5.41) is 2.42. The van der Waals surface area contributed by atoms with Crippen molar-refractivity contribution in [1.82, 2.24) is 15.0 Å². The molecule has 0 saturated heterocycles. The maximum absolute atomic E-state index is 8.59. The first kappa shape index (κ1) is 25.6. The summed E-state index contributed by atoms with van der Waals surface area (Å²) in [6.07, 6.45) is 2.18. The van der Waals surface area contributed by atoms with Gasteiger partial charge >= 0.3 is 0 Å². The van der Waals surface area contributed by atoms with Gasteiger partial charge in [0.25, 0.3) is 0 Å². The molecule has 0 saturated carbocycles. The zero-order chi connectivity index (χ0) is 34.6. The number of aryl methyl sites for hydroxylation is 4. The van der Waals surface area contributed by atoms with E-state index in [0.29, 0.717) is 21.7 Å². The second-order valence-electron chi connectivity index (χ2n) is 11.8. The molecule has 2 aromatic carbocycles. The van der Waals surface area contributed by atoms with Crippen LogP contribution in [0.25, 0.3) is 54.7 Å². The van der Waals surface area contributed by atoms with Gasteiger partial charge in [0, 0.05) is 65.4 Å². The number of benzene rings is 2. The van der Waals surface area contributed by atoms with E-state index in [2.05, 4.69) is 66.1 Å². The normalized spacial score (nSPS) is 13.7. The third kappa shape index (κ3) is 6.83. The molecular formula is C38H35IrN3OS-2. The number of hydrogen-bond acceptors (Lipinski definition) is 5. The van der Waals surface area contributed by atoms with Crippen LogP contribution in [-0.2, 0) is 26.5 Å². The third-order valence-corrected chi connectivity index (χ3v) is 8.08. The van der Waals surface area contributed by atoms with Gasteiger partial charge in [0.15, 0.2) is 0 Å². The average Bonchev–Trinajstić information content (AvgIpc) is 3.63. The van der Waals surface area contributed by atoms with Crippen LogP contribution >= 0.6 is 11.3 Å². The van der Waals surface area contributed by atoms with Crippen molar-refractivity contribution in [2.45, 2.75) is 54.8 Å². The Morgan fingerprint density at radius 3 is 2.45 bits per heavy atom. The quantitative estimate of drug-likeness (QED) is 0.168. The molecule has 0 amide bonds. The minimum absolute atomic E-state index is 0. The number of aromatic nitrogens is 3. The zero-order valence-corrected chi connectivity index (χ0v) is 28.6. The topological polar surface area (TPSA) is 51.8 Å². The molecule has 5 aromatic heterocycles. The molecule has 0 unspecified atom stereocenters. The van der Waals surface area contributed by atoms with Crippen LogP contribution in [0.4, 0.5) is 0 Å². The van der Waals surface area contributed by atoms with Crippen LogP contribution in [-0.4, -0.2) is 15.0 Å². The van der Waals surface area contributed by atoms with Crippen molar-refractivity contribution in [3.63, 3.8) is 0 Å².